The van der Waals surface area contributed by atoms with Crippen LogP contribution in [0, 0.1) is 5.92 Å². The van der Waals surface area contributed by atoms with Crippen LogP contribution in [-0.2, 0) is 14.3 Å². The Morgan fingerprint density at radius 1 is 1.50 bits per heavy atom. The van der Waals surface area contributed by atoms with Gasteiger partial charge in [0.15, 0.2) is 0 Å². The van der Waals surface area contributed by atoms with Gasteiger partial charge in [-0.05, 0) is 26.2 Å². The van der Waals surface area contributed by atoms with E-state index in [0.717, 1.165) is 25.9 Å². The minimum atomic E-state index is -0.861. The number of aliphatic carboxylic acids is 1. The predicted molar refractivity (Wildman–Crippen MR) is 67.3 cm³/mol. The Balaban J connectivity index is 2.33. The van der Waals surface area contributed by atoms with E-state index in [-0.39, 0.29) is 18.6 Å². The van der Waals surface area contributed by atoms with Crippen LogP contribution in [0.25, 0.3) is 0 Å². The number of amides is 1. The van der Waals surface area contributed by atoms with Crippen molar-refractivity contribution in [3.8, 4) is 0 Å². The summed E-state index contributed by atoms with van der Waals surface area (Å²) in [6.45, 7) is 5.14. The first kappa shape index (κ1) is 15.0. The normalized spacial score (nSPS) is 20.7. The Morgan fingerprint density at radius 2 is 2.22 bits per heavy atom. The molecule has 0 saturated carbocycles. The first-order valence-electron chi connectivity index (χ1n) is 6.66. The third-order valence-corrected chi connectivity index (χ3v) is 3.35. The average molecular weight is 257 g/mol. The summed E-state index contributed by atoms with van der Waals surface area (Å²) < 4.78 is 5.47. The van der Waals surface area contributed by atoms with Gasteiger partial charge in [-0.2, -0.15) is 0 Å². The Morgan fingerprint density at radius 3 is 2.72 bits per heavy atom. The zero-order chi connectivity index (χ0) is 13.5. The Kier molecular flexibility index (Phi) is 6.12. The summed E-state index contributed by atoms with van der Waals surface area (Å²) in [6, 6.07) is 0. The van der Waals surface area contributed by atoms with Crippen molar-refractivity contribution >= 4 is 11.9 Å². The van der Waals surface area contributed by atoms with E-state index in [1.807, 2.05) is 6.92 Å². The predicted octanol–water partition coefficient (Wildman–Crippen LogP) is 1.51. The van der Waals surface area contributed by atoms with Crippen LogP contribution in [-0.4, -0.2) is 47.7 Å². The van der Waals surface area contributed by atoms with Crippen LogP contribution in [0.2, 0.25) is 0 Å². The average Bonchev–Trinajstić information content (AvgIpc) is 2.85. The first-order valence-corrected chi connectivity index (χ1v) is 6.66. The fraction of sp³-hybridized carbons (Fsp3) is 0.846. The third kappa shape index (κ3) is 4.64. The van der Waals surface area contributed by atoms with Gasteiger partial charge in [-0.25, -0.2) is 0 Å². The molecule has 5 heteroatoms. The molecule has 0 spiro atoms. The SMILES string of the molecule is CCN(CC(C)C(=O)O)C(=O)CCC1CCCO1. The molecule has 1 saturated heterocycles. The molecule has 1 aliphatic rings. The maximum atomic E-state index is 12.0. The number of nitrogens with zero attached hydrogens (tertiary/aromatic N) is 1. The van der Waals surface area contributed by atoms with Crippen LogP contribution in [0.3, 0.4) is 0 Å². The van der Waals surface area contributed by atoms with Crippen LogP contribution in [0.4, 0.5) is 0 Å². The Bertz CT molecular complexity index is 287. The molecule has 1 rings (SSSR count). The number of rotatable bonds is 7. The molecule has 0 aliphatic carbocycles. The maximum Gasteiger partial charge on any atom is 0.308 e. The summed E-state index contributed by atoms with van der Waals surface area (Å²) in [7, 11) is 0. The van der Waals surface area contributed by atoms with Gasteiger partial charge in [0.05, 0.1) is 12.0 Å². The lowest BCUT2D eigenvalue weighted by molar-refractivity contribution is -0.143. The van der Waals surface area contributed by atoms with Gasteiger partial charge >= 0.3 is 5.97 Å². The lowest BCUT2D eigenvalue weighted by atomic mass is 10.1. The fourth-order valence-electron chi connectivity index (χ4n) is 2.13. The molecule has 0 aromatic heterocycles. The molecule has 1 aliphatic heterocycles. The zero-order valence-electron chi connectivity index (χ0n) is 11.2. The second-order valence-corrected chi connectivity index (χ2v) is 4.85. The van der Waals surface area contributed by atoms with Gasteiger partial charge in [0.25, 0.3) is 0 Å². The summed E-state index contributed by atoms with van der Waals surface area (Å²) >= 11 is 0. The summed E-state index contributed by atoms with van der Waals surface area (Å²) in [6.07, 6.45) is 3.52. The molecule has 0 radical (unpaired) electrons. The molecular formula is C13H23NO4. The topological polar surface area (TPSA) is 66.8 Å². The van der Waals surface area contributed by atoms with Crippen LogP contribution in [0.15, 0.2) is 0 Å². The van der Waals surface area contributed by atoms with Crippen molar-refractivity contribution in [2.24, 2.45) is 5.92 Å². The van der Waals surface area contributed by atoms with Crippen molar-refractivity contribution in [2.45, 2.75) is 45.6 Å². The van der Waals surface area contributed by atoms with Crippen molar-refractivity contribution in [3.05, 3.63) is 0 Å². The Labute approximate surface area is 108 Å². The van der Waals surface area contributed by atoms with Gasteiger partial charge < -0.3 is 14.7 Å². The quantitative estimate of drug-likeness (QED) is 0.751. The van der Waals surface area contributed by atoms with Crippen LogP contribution < -0.4 is 0 Å². The molecule has 1 heterocycles. The first-order chi connectivity index (χ1) is 8.54. The van der Waals surface area contributed by atoms with E-state index in [1.54, 1.807) is 11.8 Å². The van der Waals surface area contributed by atoms with Crippen molar-refractivity contribution in [3.63, 3.8) is 0 Å². The smallest absolute Gasteiger partial charge is 0.308 e. The van der Waals surface area contributed by atoms with E-state index < -0.39 is 11.9 Å². The second kappa shape index (κ2) is 7.36. The molecule has 0 aromatic rings. The number of carboxylic acid groups (broad SMARTS) is 1. The molecule has 104 valence electrons. The van der Waals surface area contributed by atoms with Crippen molar-refractivity contribution in [1.82, 2.24) is 4.90 Å². The van der Waals surface area contributed by atoms with Gasteiger partial charge in [-0.15, -0.1) is 0 Å². The molecule has 0 bridgehead atoms. The van der Waals surface area contributed by atoms with Gasteiger partial charge in [0.1, 0.15) is 0 Å². The molecular weight excluding hydrogens is 234 g/mol. The summed E-state index contributed by atoms with van der Waals surface area (Å²) in [4.78, 5) is 24.4. The zero-order valence-corrected chi connectivity index (χ0v) is 11.2. The summed E-state index contributed by atoms with van der Waals surface area (Å²) in [5.74, 6) is -1.35. The largest absolute Gasteiger partial charge is 0.481 e. The van der Waals surface area contributed by atoms with Gasteiger partial charge in [-0.1, -0.05) is 6.92 Å². The van der Waals surface area contributed by atoms with E-state index in [9.17, 15) is 9.59 Å². The summed E-state index contributed by atoms with van der Waals surface area (Å²) in [5, 5.41) is 8.85. The van der Waals surface area contributed by atoms with Gasteiger partial charge in [0, 0.05) is 26.1 Å². The molecule has 1 N–H and O–H groups in total. The molecule has 1 amide bonds. The van der Waals surface area contributed by atoms with E-state index >= 15 is 0 Å². The van der Waals surface area contributed by atoms with Gasteiger partial charge in [-0.3, -0.25) is 9.59 Å². The monoisotopic (exact) mass is 257 g/mol. The van der Waals surface area contributed by atoms with E-state index in [0.29, 0.717) is 13.0 Å². The van der Waals surface area contributed by atoms with E-state index in [2.05, 4.69) is 0 Å². The number of carbonyl (C=O) groups is 2. The minimum Gasteiger partial charge on any atom is -0.481 e. The number of hydrogen-bond acceptors (Lipinski definition) is 3. The maximum absolute atomic E-state index is 12.0. The highest BCUT2D eigenvalue weighted by atomic mass is 16.5. The molecule has 5 nitrogen and oxygen atoms in total. The number of ether oxygens (including phenoxy) is 1. The lowest BCUT2D eigenvalue weighted by Gasteiger charge is -2.23. The molecule has 0 aromatic carbocycles. The van der Waals surface area contributed by atoms with E-state index in [1.165, 1.54) is 0 Å². The van der Waals surface area contributed by atoms with E-state index in [4.69, 9.17) is 9.84 Å². The standard InChI is InChI=1S/C13H23NO4/c1-3-14(9-10(2)13(16)17)12(15)7-6-11-5-4-8-18-11/h10-11H,3-9H2,1-2H3,(H,16,17). The molecule has 2 unspecified atom stereocenters. The highest BCUT2D eigenvalue weighted by Crippen LogP contribution is 2.17. The summed E-state index contributed by atoms with van der Waals surface area (Å²) in [5.41, 5.74) is 0. The van der Waals surface area contributed by atoms with Crippen LogP contribution in [0.5, 0.6) is 0 Å². The Hall–Kier alpha value is -1.10. The molecule has 2 atom stereocenters. The van der Waals surface area contributed by atoms with Crippen molar-refractivity contribution < 1.29 is 19.4 Å². The van der Waals surface area contributed by atoms with Crippen LogP contribution >= 0.6 is 0 Å². The van der Waals surface area contributed by atoms with Crippen molar-refractivity contribution in [2.75, 3.05) is 19.7 Å². The lowest BCUT2D eigenvalue weighted by Crippen LogP contribution is -2.37. The number of carbonyl (C=O) groups excluding carboxylic acids is 1. The highest BCUT2D eigenvalue weighted by Gasteiger charge is 2.21. The third-order valence-electron chi connectivity index (χ3n) is 3.35. The number of carboxylic acids is 1. The second-order valence-electron chi connectivity index (χ2n) is 4.85. The van der Waals surface area contributed by atoms with Crippen LogP contribution in [0.1, 0.15) is 39.5 Å². The van der Waals surface area contributed by atoms with Crippen molar-refractivity contribution in [1.29, 1.82) is 0 Å². The molecule has 18 heavy (non-hydrogen) atoms. The highest BCUT2D eigenvalue weighted by molar-refractivity contribution is 5.77. The fourth-order valence-corrected chi connectivity index (χ4v) is 2.13. The number of hydrogen-bond donors (Lipinski definition) is 1. The minimum absolute atomic E-state index is 0.0288. The van der Waals surface area contributed by atoms with Gasteiger partial charge in [0.2, 0.25) is 5.91 Å². The molecule has 1 fully saturated rings.